The molecule has 25 N–H and O–H groups in total. The SMILES string of the molecule is CC(=O)N[C@@H]1C(O[C@H]2C(CO)O[C@@H](OC3[C@H](O)C(CO[C@]4(C(=O)O)C[C@@H](O)[C@@H](NC(C)=O)C([C@H](O)[C@H](O)CO)O4)OC(OC4[C@H](O)C(OCCCCCN)OC(CO)[C@@H]4O)[C@H]3NC(C)=O)C(O)C2O[C@@]2(C(=O)O)CC(O)[C@H](NC(C)=O)C([C@H](O)[C@H](O)CO)O2)OC(CO)[C@H](O)C1O. The summed E-state index contributed by atoms with van der Waals surface area (Å²) in [7, 11) is 0. The van der Waals surface area contributed by atoms with Crippen molar-refractivity contribution in [2.45, 2.75) is 255 Å². The van der Waals surface area contributed by atoms with Crippen LogP contribution in [0.15, 0.2) is 0 Å². The Morgan fingerprint density at radius 2 is 0.897 bits per heavy atom. The van der Waals surface area contributed by atoms with Gasteiger partial charge in [-0.05, 0) is 25.8 Å². The zero-order valence-corrected chi connectivity index (χ0v) is 52.9. The number of amides is 4. The number of carboxylic acids is 2. The molecule has 15 unspecified atom stereocenters. The van der Waals surface area contributed by atoms with Gasteiger partial charge in [-0.25, -0.2) is 9.59 Å². The third-order valence-corrected chi connectivity index (χ3v) is 17.1. The number of nitrogens with one attached hydrogen (secondary N) is 4. The zero-order chi connectivity index (χ0) is 72.3. The standard InChI is InChI=1S/C55H93N5O37/c1-18(66)57-30-22(70)10-54(52(82)83,95-44(30)34(74)24(72)12-61)87-17-29-38(78)43(33(60-21(4)69)49(91-29)94-46-37(77)27(15-64)89-50(40(46)80)86-9-7-5-6-8-56)93-51-41(81)47(42(28(16-65)90-51)92-48-32(59-20(3)68)39(79)36(76)26(14-63)88-48)97-55(53(84)85)11-23(71)31(58-19(2)67)45(96-55)35(75)25(73)13-62/h22-51,61-65,70-81H,5-17,56H2,1-4H3,(H,57,66)(H,58,67)(H,59,68)(H,60,69)(H,82,83)(H,84,85)/t22-,23?,24-,25-,26?,27?,28?,29?,30-,31+,32+,33+,34-,35-,36+,37+,38-,39?,40+,41?,42+,43?,44?,45?,46?,47?,48?,49?,50?,51+,54-,55-/m1/s1. The van der Waals surface area contributed by atoms with Crippen LogP contribution in [0.5, 0.6) is 0 Å². The fraction of sp³-hybridized carbons (Fsp3) is 0.891. The number of aliphatic hydroxyl groups is 17. The topological polar surface area (TPSA) is 672 Å². The number of carbonyl (C=O) groups is 6. The summed E-state index contributed by atoms with van der Waals surface area (Å²) < 4.78 is 71.7. The molecule has 0 aromatic carbocycles. The van der Waals surface area contributed by atoms with Gasteiger partial charge in [0.1, 0.15) is 134 Å². The van der Waals surface area contributed by atoms with Crippen molar-refractivity contribution in [1.82, 2.24) is 21.3 Å². The highest BCUT2D eigenvalue weighted by atomic mass is 16.8. The average Bonchev–Trinajstić information content (AvgIpc) is 0.755. The maximum Gasteiger partial charge on any atom is 0.364 e. The molecule has 42 nitrogen and oxygen atoms in total. The van der Waals surface area contributed by atoms with Crippen molar-refractivity contribution in [3.8, 4) is 0 Å². The summed E-state index contributed by atoms with van der Waals surface area (Å²) in [4.78, 5) is 78.0. The van der Waals surface area contributed by atoms with Crippen LogP contribution < -0.4 is 27.0 Å². The Morgan fingerprint density at radius 1 is 0.474 bits per heavy atom. The van der Waals surface area contributed by atoms with Gasteiger partial charge in [-0.3, -0.25) is 19.2 Å². The molecule has 0 saturated carbocycles. The Kier molecular flexibility index (Phi) is 30.3. The Balaban J connectivity index is 1.51. The first-order valence-electron chi connectivity index (χ1n) is 31.0. The van der Waals surface area contributed by atoms with Gasteiger partial charge in [0.25, 0.3) is 11.6 Å². The third kappa shape index (κ3) is 19.2. The molecule has 6 aliphatic rings. The number of unbranched alkanes of at least 4 members (excludes halogenated alkanes) is 2. The first-order chi connectivity index (χ1) is 45.7. The number of carbonyl (C=O) groups excluding carboxylic acids is 4. The van der Waals surface area contributed by atoms with Gasteiger partial charge in [0.2, 0.25) is 23.6 Å². The number of carboxylic acid groups (broad SMARTS) is 2. The lowest BCUT2D eigenvalue weighted by molar-refractivity contribution is -0.400. The van der Waals surface area contributed by atoms with E-state index >= 15 is 0 Å². The second-order valence-corrected chi connectivity index (χ2v) is 24.3. The predicted octanol–water partition coefficient (Wildman–Crippen LogP) is -14.0. The number of rotatable bonds is 32. The zero-order valence-electron chi connectivity index (χ0n) is 52.9. The van der Waals surface area contributed by atoms with Crippen LogP contribution in [0.25, 0.3) is 0 Å². The molecule has 6 saturated heterocycles. The predicted molar refractivity (Wildman–Crippen MR) is 307 cm³/mol. The summed E-state index contributed by atoms with van der Waals surface area (Å²) >= 11 is 0. The van der Waals surface area contributed by atoms with E-state index in [1.165, 1.54) is 0 Å². The Labute approximate surface area is 551 Å². The summed E-state index contributed by atoms with van der Waals surface area (Å²) in [6.45, 7) is -3.23. The average molecular weight is 1420 g/mol. The second kappa shape index (κ2) is 36.0. The fourth-order valence-corrected chi connectivity index (χ4v) is 12.2. The molecular weight excluding hydrogens is 1320 g/mol. The van der Waals surface area contributed by atoms with Gasteiger partial charge < -0.3 is 181 Å². The largest absolute Gasteiger partial charge is 0.477 e. The molecule has 6 heterocycles. The van der Waals surface area contributed by atoms with E-state index in [-0.39, 0.29) is 6.61 Å². The van der Waals surface area contributed by atoms with Gasteiger partial charge in [0.05, 0.1) is 63.9 Å². The van der Waals surface area contributed by atoms with Crippen LogP contribution in [0, 0.1) is 0 Å². The number of aliphatic carboxylic acids is 2. The lowest BCUT2D eigenvalue weighted by Crippen LogP contribution is -2.72. The van der Waals surface area contributed by atoms with E-state index in [9.17, 15) is 126 Å². The Hall–Kier alpha value is -4.38. The van der Waals surface area contributed by atoms with E-state index in [4.69, 9.17) is 62.6 Å². The van der Waals surface area contributed by atoms with E-state index in [0.29, 0.717) is 25.8 Å². The first-order valence-corrected chi connectivity index (χ1v) is 31.0. The molecule has 32 atom stereocenters. The van der Waals surface area contributed by atoms with E-state index in [2.05, 4.69) is 21.3 Å². The van der Waals surface area contributed by atoms with E-state index in [1.807, 2.05) is 0 Å². The molecule has 0 aromatic heterocycles. The van der Waals surface area contributed by atoms with E-state index in [1.54, 1.807) is 0 Å². The minimum atomic E-state index is -3.48. The molecule has 0 radical (unpaired) electrons. The van der Waals surface area contributed by atoms with Crippen molar-refractivity contribution in [3.63, 3.8) is 0 Å². The summed E-state index contributed by atoms with van der Waals surface area (Å²) in [6.07, 6.45) is -58.1. The molecule has 6 rings (SSSR count). The van der Waals surface area contributed by atoms with Gasteiger partial charge in [-0.15, -0.1) is 0 Å². The number of ether oxygens (including phenoxy) is 12. The highest BCUT2D eigenvalue weighted by molar-refractivity contribution is 5.78. The summed E-state index contributed by atoms with van der Waals surface area (Å²) in [5.74, 6) is -14.8. The van der Waals surface area contributed by atoms with E-state index in [0.717, 1.165) is 27.7 Å². The molecule has 42 heteroatoms. The van der Waals surface area contributed by atoms with Crippen LogP contribution >= 0.6 is 0 Å². The van der Waals surface area contributed by atoms with Crippen LogP contribution in [0.2, 0.25) is 0 Å². The van der Waals surface area contributed by atoms with Gasteiger partial charge >= 0.3 is 11.9 Å². The second-order valence-electron chi connectivity index (χ2n) is 24.3. The molecule has 6 fully saturated rings. The summed E-state index contributed by atoms with van der Waals surface area (Å²) in [6, 6.07) is -7.55. The monoisotopic (exact) mass is 1420 g/mol. The lowest BCUT2D eigenvalue weighted by Gasteiger charge is -2.53. The number of hydrogen-bond donors (Lipinski definition) is 24. The number of aliphatic hydroxyl groups excluding tert-OH is 17. The molecule has 560 valence electrons. The first kappa shape index (κ1) is 81.6. The molecular formula is C55H93N5O37. The van der Waals surface area contributed by atoms with Crippen molar-refractivity contribution in [3.05, 3.63) is 0 Å². The number of nitrogens with two attached hydrogens (primary N) is 1. The fourth-order valence-electron chi connectivity index (χ4n) is 12.2. The molecule has 97 heavy (non-hydrogen) atoms. The maximum atomic E-state index is 13.8. The Morgan fingerprint density at radius 3 is 1.40 bits per heavy atom. The van der Waals surface area contributed by atoms with E-state index < -0.39 is 283 Å². The van der Waals surface area contributed by atoms with Crippen LogP contribution in [0.4, 0.5) is 0 Å². The molecule has 0 bridgehead atoms. The molecule has 0 aromatic rings. The smallest absolute Gasteiger partial charge is 0.364 e. The molecule has 0 aliphatic carbocycles. The van der Waals surface area contributed by atoms with Gasteiger partial charge in [0.15, 0.2) is 25.2 Å². The molecule has 0 spiro atoms. The van der Waals surface area contributed by atoms with Gasteiger partial charge in [-0.2, -0.15) is 0 Å². The van der Waals surface area contributed by atoms with Crippen LogP contribution in [0.3, 0.4) is 0 Å². The third-order valence-electron chi connectivity index (χ3n) is 17.1. The minimum absolute atomic E-state index is 0.108. The number of hydrogen-bond acceptors (Lipinski definition) is 36. The van der Waals surface area contributed by atoms with Crippen LogP contribution in [0.1, 0.15) is 59.8 Å². The van der Waals surface area contributed by atoms with Gasteiger partial charge in [-0.1, -0.05) is 0 Å². The normalized spacial score (nSPS) is 41.5. The molecule has 4 amide bonds. The Bertz CT molecular complexity index is 2560. The van der Waals surface area contributed by atoms with Crippen LogP contribution in [-0.4, -0.2) is 381 Å². The van der Waals surface area contributed by atoms with Crippen molar-refractivity contribution >= 4 is 35.6 Å². The molecule has 6 aliphatic heterocycles. The van der Waals surface area contributed by atoms with Crippen LogP contribution in [-0.2, 0) is 85.6 Å². The van der Waals surface area contributed by atoms with Crippen molar-refractivity contribution in [2.75, 3.05) is 52.8 Å². The van der Waals surface area contributed by atoms with Crippen molar-refractivity contribution in [2.24, 2.45) is 5.73 Å². The lowest BCUT2D eigenvalue weighted by atomic mass is 9.88. The van der Waals surface area contributed by atoms with Gasteiger partial charge in [0, 0.05) is 47.1 Å². The summed E-state index contributed by atoms with van der Waals surface area (Å²) in [5.41, 5.74) is 5.61. The van der Waals surface area contributed by atoms with Crippen molar-refractivity contribution < 1.29 is 183 Å². The summed E-state index contributed by atoms with van der Waals surface area (Å²) in [5, 5.41) is 220. The minimum Gasteiger partial charge on any atom is -0.477 e. The highest BCUT2D eigenvalue weighted by Gasteiger charge is 2.63. The maximum absolute atomic E-state index is 13.8. The van der Waals surface area contributed by atoms with Crippen molar-refractivity contribution in [1.29, 1.82) is 0 Å². The highest BCUT2D eigenvalue weighted by Crippen LogP contribution is 2.42. The quantitative estimate of drug-likeness (QED) is 0.0278.